The second kappa shape index (κ2) is 6.40. The van der Waals surface area contributed by atoms with Gasteiger partial charge in [-0.1, -0.05) is 33.9 Å². The quantitative estimate of drug-likeness (QED) is 0.563. The lowest BCUT2D eigenvalue weighted by Crippen LogP contribution is -2.39. The molecule has 0 aromatic rings. The van der Waals surface area contributed by atoms with E-state index in [4.69, 9.17) is 9.84 Å². The Hall–Kier alpha value is -0.353. The average Bonchev–Trinajstić information content (AvgIpc) is 2.63. The van der Waals surface area contributed by atoms with Crippen molar-refractivity contribution < 1.29 is 4.74 Å². The molecule has 1 rings (SSSR count). The predicted molar refractivity (Wildman–Crippen MR) is 86.7 cm³/mol. The molecule has 1 saturated heterocycles. The maximum atomic E-state index is 5.29. The third-order valence-electron chi connectivity index (χ3n) is 4.73. The highest BCUT2D eigenvalue weighted by Gasteiger charge is 2.35. The summed E-state index contributed by atoms with van der Waals surface area (Å²) in [6, 6.07) is 1.67. The predicted octanol–water partition coefficient (Wildman–Crippen LogP) is 3.98. The topological polar surface area (TPSA) is 24.8 Å². The van der Waals surface area contributed by atoms with Gasteiger partial charge >= 0.3 is 0 Å². The van der Waals surface area contributed by atoms with Gasteiger partial charge in [-0.3, -0.25) is 5.01 Å². The van der Waals surface area contributed by atoms with Crippen LogP contribution in [0, 0.1) is 0 Å². The molecule has 0 aromatic heterocycles. The molecule has 1 aliphatic heterocycles. The van der Waals surface area contributed by atoms with Gasteiger partial charge in [-0.2, -0.15) is 5.10 Å². The molecule has 0 aliphatic carbocycles. The highest BCUT2D eigenvalue weighted by Crippen LogP contribution is 2.38. The van der Waals surface area contributed by atoms with Crippen LogP contribution in [0.3, 0.4) is 0 Å². The fourth-order valence-electron chi connectivity index (χ4n) is 2.47. The van der Waals surface area contributed by atoms with Crippen LogP contribution < -0.4 is 0 Å². The minimum Gasteiger partial charge on any atom is -0.382 e. The van der Waals surface area contributed by atoms with Gasteiger partial charge in [0.2, 0.25) is 0 Å². The zero-order valence-electron chi connectivity index (χ0n) is 13.9. The molecule has 0 bridgehead atoms. The van der Waals surface area contributed by atoms with Crippen LogP contribution in [0.15, 0.2) is 5.10 Å². The highest BCUT2D eigenvalue weighted by molar-refractivity contribution is 6.82. The van der Waals surface area contributed by atoms with Crippen molar-refractivity contribution in [3.63, 3.8) is 0 Å². The van der Waals surface area contributed by atoms with Gasteiger partial charge in [0.1, 0.15) is 0 Å². The van der Waals surface area contributed by atoms with Gasteiger partial charge in [0.25, 0.3) is 0 Å². The number of hydrogen-bond donors (Lipinski definition) is 0. The average molecular weight is 285 g/mol. The Labute approximate surface area is 120 Å². The van der Waals surface area contributed by atoms with Crippen LogP contribution in [0.2, 0.25) is 24.2 Å². The Morgan fingerprint density at radius 1 is 1.37 bits per heavy atom. The third kappa shape index (κ3) is 4.60. The zero-order valence-corrected chi connectivity index (χ0v) is 14.9. The Bertz CT molecular complexity index is 321. The van der Waals surface area contributed by atoms with Crippen LogP contribution in [0.1, 0.15) is 40.5 Å². The summed E-state index contributed by atoms with van der Waals surface area (Å²) in [5.74, 6) is 0. The van der Waals surface area contributed by atoms with Crippen molar-refractivity contribution in [1.82, 2.24) is 5.01 Å². The van der Waals surface area contributed by atoms with Gasteiger partial charge in [0.15, 0.2) is 0 Å². The van der Waals surface area contributed by atoms with Crippen molar-refractivity contribution in [1.29, 1.82) is 0 Å². The molecule has 0 spiro atoms. The lowest BCUT2D eigenvalue weighted by molar-refractivity contribution is 0.118. The first-order chi connectivity index (χ1) is 8.67. The molecule has 0 amide bonds. The zero-order chi connectivity index (χ0) is 14.7. The van der Waals surface area contributed by atoms with Gasteiger partial charge in [0.05, 0.1) is 20.7 Å². The molecule has 0 aromatic carbocycles. The van der Waals surface area contributed by atoms with Crippen LogP contribution in [0.5, 0.6) is 0 Å². The molecule has 3 nitrogen and oxygen atoms in total. The van der Waals surface area contributed by atoms with Gasteiger partial charge in [-0.05, 0) is 30.8 Å². The van der Waals surface area contributed by atoms with Crippen molar-refractivity contribution >= 4 is 13.8 Å². The lowest BCUT2D eigenvalue weighted by atomic mass is 10.2. The summed E-state index contributed by atoms with van der Waals surface area (Å²) in [5, 5.41) is 7.57. The van der Waals surface area contributed by atoms with E-state index in [0.717, 1.165) is 13.2 Å². The van der Waals surface area contributed by atoms with Gasteiger partial charge in [0, 0.05) is 19.4 Å². The molecule has 1 heterocycles. The fourth-order valence-corrected chi connectivity index (χ4v) is 4.35. The summed E-state index contributed by atoms with van der Waals surface area (Å²) < 4.78 is 5.29. The van der Waals surface area contributed by atoms with Crippen molar-refractivity contribution in [2.45, 2.75) is 70.8 Å². The third-order valence-corrected chi connectivity index (χ3v) is 10.2. The van der Waals surface area contributed by atoms with Crippen molar-refractivity contribution in [3.05, 3.63) is 0 Å². The summed E-state index contributed by atoms with van der Waals surface area (Å²) >= 11 is 0. The van der Waals surface area contributed by atoms with E-state index in [0.29, 0.717) is 11.1 Å². The van der Waals surface area contributed by atoms with Gasteiger partial charge in [-0.15, -0.1) is 0 Å². The number of hydrogen-bond acceptors (Lipinski definition) is 3. The molecule has 0 saturated carbocycles. The smallest absolute Gasteiger partial charge is 0.0704 e. The van der Waals surface area contributed by atoms with E-state index in [9.17, 15) is 0 Å². The normalized spacial score (nSPS) is 22.2. The fraction of sp³-hybridized carbons (Fsp3) is 0.933. The monoisotopic (exact) mass is 284 g/mol. The summed E-state index contributed by atoms with van der Waals surface area (Å²) in [5.41, 5.74) is 1.30. The first-order valence-corrected chi connectivity index (χ1v) is 10.7. The number of ether oxygens (including phenoxy) is 1. The van der Waals surface area contributed by atoms with E-state index < -0.39 is 8.07 Å². The standard InChI is InChI=1S/C15H32N2OSi/c1-13(12-19(6,7)15(2,3)4)16-17-10-8-9-14(17)11-18-5/h14H,8-12H2,1-7H3/b16-13-/t14-/m1/s1. The first kappa shape index (κ1) is 16.7. The second-order valence-corrected chi connectivity index (χ2v) is 13.2. The van der Waals surface area contributed by atoms with E-state index in [-0.39, 0.29) is 0 Å². The van der Waals surface area contributed by atoms with Crippen LogP contribution >= 0.6 is 0 Å². The van der Waals surface area contributed by atoms with Crippen LogP contribution in [0.25, 0.3) is 0 Å². The second-order valence-electron chi connectivity index (χ2n) is 7.56. The molecule has 4 heteroatoms. The van der Waals surface area contributed by atoms with E-state index in [1.54, 1.807) is 7.11 Å². The maximum absolute atomic E-state index is 5.29. The molecule has 1 atom stereocenters. The molecule has 1 aliphatic rings. The van der Waals surface area contributed by atoms with Crippen molar-refractivity contribution in [2.24, 2.45) is 5.10 Å². The minimum absolute atomic E-state index is 0.431. The van der Waals surface area contributed by atoms with Gasteiger partial charge in [-0.25, -0.2) is 0 Å². The summed E-state index contributed by atoms with van der Waals surface area (Å²) in [6.07, 6.45) is 2.45. The molecule has 0 radical (unpaired) electrons. The number of hydrazone groups is 1. The molecular formula is C15H32N2OSi. The Balaban J connectivity index is 2.67. The number of rotatable bonds is 5. The summed E-state index contributed by atoms with van der Waals surface area (Å²) in [4.78, 5) is 0. The van der Waals surface area contributed by atoms with E-state index in [2.05, 4.69) is 45.8 Å². The molecule has 19 heavy (non-hydrogen) atoms. The molecule has 0 N–H and O–H groups in total. The first-order valence-electron chi connectivity index (χ1n) is 7.47. The van der Waals surface area contributed by atoms with Crippen LogP contribution in [-0.4, -0.2) is 45.1 Å². The van der Waals surface area contributed by atoms with Crippen molar-refractivity contribution in [2.75, 3.05) is 20.3 Å². The van der Waals surface area contributed by atoms with Crippen LogP contribution in [0.4, 0.5) is 0 Å². The molecule has 1 fully saturated rings. The van der Waals surface area contributed by atoms with Crippen LogP contribution in [-0.2, 0) is 4.74 Å². The number of methoxy groups -OCH3 is 1. The van der Waals surface area contributed by atoms with E-state index >= 15 is 0 Å². The summed E-state index contributed by atoms with van der Waals surface area (Å²) in [7, 11) is 0.511. The maximum Gasteiger partial charge on any atom is 0.0704 e. The van der Waals surface area contributed by atoms with Gasteiger partial charge < -0.3 is 4.74 Å². The Morgan fingerprint density at radius 2 is 2.00 bits per heavy atom. The lowest BCUT2D eigenvalue weighted by Gasteiger charge is -2.37. The largest absolute Gasteiger partial charge is 0.382 e. The summed E-state index contributed by atoms with van der Waals surface area (Å²) in [6.45, 7) is 16.1. The Kier molecular flexibility index (Phi) is 5.62. The van der Waals surface area contributed by atoms with E-state index in [1.807, 2.05) is 0 Å². The SMILES string of the molecule is COC[C@H]1CCCN1/N=C(/C)C[Si](C)(C)C(C)(C)C. The molecule has 0 unspecified atom stereocenters. The molecule has 112 valence electrons. The molecular weight excluding hydrogens is 252 g/mol. The highest BCUT2D eigenvalue weighted by atomic mass is 28.3. The van der Waals surface area contributed by atoms with E-state index in [1.165, 1.54) is 24.6 Å². The Morgan fingerprint density at radius 3 is 2.53 bits per heavy atom. The number of nitrogens with zero attached hydrogens (tertiary/aromatic N) is 2. The minimum atomic E-state index is -1.27. The van der Waals surface area contributed by atoms with Crippen molar-refractivity contribution in [3.8, 4) is 0 Å².